The van der Waals surface area contributed by atoms with E-state index in [-0.39, 0.29) is 0 Å². The van der Waals surface area contributed by atoms with E-state index >= 15 is 0 Å². The van der Waals surface area contributed by atoms with Crippen molar-refractivity contribution in [1.29, 1.82) is 0 Å². The number of hydrogen-bond donors (Lipinski definition) is 2. The van der Waals surface area contributed by atoms with Gasteiger partial charge in [-0.3, -0.25) is 4.79 Å². The van der Waals surface area contributed by atoms with Crippen molar-refractivity contribution >= 4 is 5.97 Å². The molecular weight excluding hydrogens is 204 g/mol. The first-order chi connectivity index (χ1) is 7.35. The summed E-state index contributed by atoms with van der Waals surface area (Å²) in [5.74, 6) is -0.434. The maximum Gasteiger partial charge on any atom is 0.300 e. The molecule has 0 fully saturated rings. The summed E-state index contributed by atoms with van der Waals surface area (Å²) in [5.41, 5.74) is 1.75. The van der Waals surface area contributed by atoms with Gasteiger partial charge in [0.05, 0.1) is 6.61 Å². The van der Waals surface area contributed by atoms with Crippen LogP contribution in [0.4, 0.5) is 0 Å². The minimum atomic E-state index is -0.833. The third-order valence-corrected chi connectivity index (χ3v) is 3.18. The zero-order chi connectivity index (χ0) is 12.8. The van der Waals surface area contributed by atoms with E-state index in [0.29, 0.717) is 17.9 Å². The van der Waals surface area contributed by atoms with Gasteiger partial charge in [0.15, 0.2) is 0 Å². The maximum absolute atomic E-state index is 9.29. The first-order valence-electron chi connectivity index (χ1n) is 5.84. The van der Waals surface area contributed by atoms with Crippen molar-refractivity contribution in [2.24, 2.45) is 11.3 Å². The highest BCUT2D eigenvalue weighted by Crippen LogP contribution is 2.41. The second-order valence-corrected chi connectivity index (χ2v) is 4.91. The molecule has 3 nitrogen and oxygen atoms in total. The van der Waals surface area contributed by atoms with Gasteiger partial charge in [-0.25, -0.2) is 0 Å². The van der Waals surface area contributed by atoms with Gasteiger partial charge in [-0.2, -0.15) is 0 Å². The number of hydrogen-bond acceptors (Lipinski definition) is 2. The van der Waals surface area contributed by atoms with Crippen LogP contribution in [-0.4, -0.2) is 22.8 Å². The highest BCUT2D eigenvalue weighted by atomic mass is 16.4. The number of aliphatic hydroxyl groups is 1. The van der Waals surface area contributed by atoms with E-state index in [0.717, 1.165) is 13.3 Å². The zero-order valence-corrected chi connectivity index (χ0v) is 10.8. The molecule has 2 N–H and O–H groups in total. The smallest absolute Gasteiger partial charge is 0.300 e. The molecule has 1 atom stereocenters. The molecule has 1 rings (SSSR count). The molecule has 1 unspecified atom stereocenters. The Balaban J connectivity index is 0.000000487. The molecule has 0 amide bonds. The maximum atomic E-state index is 9.29. The summed E-state index contributed by atoms with van der Waals surface area (Å²) in [4.78, 5) is 9.00. The minimum Gasteiger partial charge on any atom is -0.481 e. The van der Waals surface area contributed by atoms with Crippen molar-refractivity contribution in [2.45, 2.75) is 47.0 Å². The zero-order valence-electron chi connectivity index (χ0n) is 10.8. The lowest BCUT2D eigenvalue weighted by Gasteiger charge is -2.38. The average molecular weight is 228 g/mol. The first kappa shape index (κ1) is 15.2. The molecule has 0 aromatic carbocycles. The monoisotopic (exact) mass is 228 g/mol. The van der Waals surface area contributed by atoms with Crippen molar-refractivity contribution in [1.82, 2.24) is 0 Å². The topological polar surface area (TPSA) is 57.5 Å². The van der Waals surface area contributed by atoms with Crippen LogP contribution in [0.2, 0.25) is 0 Å². The van der Waals surface area contributed by atoms with Crippen LogP contribution in [0, 0.1) is 11.3 Å². The Morgan fingerprint density at radius 3 is 2.38 bits per heavy atom. The molecule has 0 saturated heterocycles. The van der Waals surface area contributed by atoms with Gasteiger partial charge in [-0.1, -0.05) is 32.4 Å². The fourth-order valence-corrected chi connectivity index (χ4v) is 2.20. The van der Waals surface area contributed by atoms with Gasteiger partial charge in [-0.15, -0.1) is 0 Å². The highest BCUT2D eigenvalue weighted by molar-refractivity contribution is 5.62. The van der Waals surface area contributed by atoms with E-state index in [9.17, 15) is 5.11 Å². The minimum absolute atomic E-state index is 0.300. The molecule has 1 aliphatic carbocycles. The quantitative estimate of drug-likeness (QED) is 0.714. The fraction of sp³-hybridized carbons (Fsp3) is 0.769. The summed E-state index contributed by atoms with van der Waals surface area (Å²) >= 11 is 0. The van der Waals surface area contributed by atoms with Gasteiger partial charge in [0, 0.05) is 12.8 Å². The van der Waals surface area contributed by atoms with Crippen LogP contribution in [0.5, 0.6) is 0 Å². The van der Waals surface area contributed by atoms with Crippen molar-refractivity contribution in [3.63, 3.8) is 0 Å². The number of rotatable bonds is 2. The summed E-state index contributed by atoms with van der Waals surface area (Å²) in [6, 6.07) is 0. The Bertz CT molecular complexity index is 250. The Morgan fingerprint density at radius 1 is 1.56 bits per heavy atom. The van der Waals surface area contributed by atoms with Crippen molar-refractivity contribution in [3.05, 3.63) is 11.6 Å². The van der Waals surface area contributed by atoms with Crippen LogP contribution in [0.3, 0.4) is 0 Å². The molecule has 0 aliphatic heterocycles. The third kappa shape index (κ3) is 4.79. The molecule has 1 aliphatic rings. The molecule has 0 bridgehead atoms. The lowest BCUT2D eigenvalue weighted by atomic mass is 9.68. The predicted molar refractivity (Wildman–Crippen MR) is 65.3 cm³/mol. The lowest BCUT2D eigenvalue weighted by molar-refractivity contribution is -0.134. The summed E-state index contributed by atoms with van der Waals surface area (Å²) < 4.78 is 0. The number of aliphatic carboxylic acids is 1. The van der Waals surface area contributed by atoms with Gasteiger partial charge in [-0.05, 0) is 24.7 Å². The summed E-state index contributed by atoms with van der Waals surface area (Å²) in [5, 5.41) is 16.7. The van der Waals surface area contributed by atoms with Crippen molar-refractivity contribution in [2.75, 3.05) is 6.61 Å². The molecule has 0 aromatic heterocycles. The SMILES string of the molecule is CC(=O)O.CCC1=CCCC(C)(C)C1CO. The number of aliphatic hydroxyl groups excluding tert-OH is 1. The Kier molecular flexibility index (Phi) is 6.34. The number of carbonyl (C=O) groups is 1. The number of carboxylic acids is 1. The van der Waals surface area contributed by atoms with Gasteiger partial charge in [0.1, 0.15) is 0 Å². The molecule has 0 radical (unpaired) electrons. The van der Waals surface area contributed by atoms with Crippen LogP contribution in [-0.2, 0) is 4.79 Å². The van der Waals surface area contributed by atoms with Crippen LogP contribution in [0.1, 0.15) is 47.0 Å². The van der Waals surface area contributed by atoms with Gasteiger partial charge >= 0.3 is 0 Å². The number of allylic oxidation sites excluding steroid dienone is 1. The van der Waals surface area contributed by atoms with Gasteiger partial charge in [0.25, 0.3) is 5.97 Å². The highest BCUT2D eigenvalue weighted by Gasteiger charge is 2.32. The Labute approximate surface area is 98.2 Å². The third-order valence-electron chi connectivity index (χ3n) is 3.18. The van der Waals surface area contributed by atoms with Crippen LogP contribution >= 0.6 is 0 Å². The summed E-state index contributed by atoms with van der Waals surface area (Å²) in [7, 11) is 0. The predicted octanol–water partition coefficient (Wildman–Crippen LogP) is 2.84. The van der Waals surface area contributed by atoms with E-state index in [1.54, 1.807) is 0 Å². The van der Waals surface area contributed by atoms with E-state index in [2.05, 4.69) is 26.8 Å². The second kappa shape index (κ2) is 6.69. The first-order valence-corrected chi connectivity index (χ1v) is 5.84. The van der Waals surface area contributed by atoms with Crippen LogP contribution in [0.25, 0.3) is 0 Å². The standard InChI is InChI=1S/C11H20O.C2H4O2/c1-4-9-6-5-7-11(2,3)10(9)8-12;1-2(3)4/h6,10,12H,4-5,7-8H2,1-3H3;1H3,(H,3,4). The molecular formula is C13H24O3. The number of carboxylic acid groups (broad SMARTS) is 1. The lowest BCUT2D eigenvalue weighted by Crippen LogP contribution is -2.31. The largest absolute Gasteiger partial charge is 0.481 e. The van der Waals surface area contributed by atoms with Crippen molar-refractivity contribution < 1.29 is 15.0 Å². The van der Waals surface area contributed by atoms with Gasteiger partial charge < -0.3 is 10.2 Å². The van der Waals surface area contributed by atoms with Crippen LogP contribution < -0.4 is 0 Å². The molecule has 0 saturated carbocycles. The molecule has 16 heavy (non-hydrogen) atoms. The fourth-order valence-electron chi connectivity index (χ4n) is 2.20. The molecule has 0 spiro atoms. The Morgan fingerprint density at radius 2 is 2.06 bits per heavy atom. The van der Waals surface area contributed by atoms with Crippen molar-refractivity contribution in [3.8, 4) is 0 Å². The molecule has 0 heterocycles. The summed E-state index contributed by atoms with van der Waals surface area (Å²) in [6.45, 7) is 8.09. The molecule has 94 valence electrons. The van der Waals surface area contributed by atoms with E-state index in [4.69, 9.17) is 9.90 Å². The summed E-state index contributed by atoms with van der Waals surface area (Å²) in [6.07, 6.45) is 5.80. The molecule has 0 aromatic rings. The molecule has 3 heteroatoms. The van der Waals surface area contributed by atoms with E-state index < -0.39 is 5.97 Å². The van der Waals surface area contributed by atoms with Gasteiger partial charge in [0.2, 0.25) is 0 Å². The second-order valence-electron chi connectivity index (χ2n) is 4.91. The van der Waals surface area contributed by atoms with Crippen LogP contribution in [0.15, 0.2) is 11.6 Å². The van der Waals surface area contributed by atoms with E-state index in [1.807, 2.05) is 0 Å². The average Bonchev–Trinajstić information content (AvgIpc) is 2.15. The normalized spacial score (nSPS) is 22.8. The van der Waals surface area contributed by atoms with E-state index in [1.165, 1.54) is 18.4 Å². The Hall–Kier alpha value is -0.830.